The highest BCUT2D eigenvalue weighted by atomic mass is 16.5. The first-order valence-corrected chi connectivity index (χ1v) is 7.48. The summed E-state index contributed by atoms with van der Waals surface area (Å²) in [5.41, 5.74) is 1.66. The van der Waals surface area contributed by atoms with Gasteiger partial charge in [0.05, 0.1) is 0 Å². The van der Waals surface area contributed by atoms with Crippen LogP contribution in [0.4, 0.5) is 10.5 Å². The third-order valence-corrected chi connectivity index (χ3v) is 2.88. The van der Waals surface area contributed by atoms with E-state index in [1.54, 1.807) is 19.1 Å². The fourth-order valence-corrected chi connectivity index (χ4v) is 1.79. The second-order valence-electron chi connectivity index (χ2n) is 5.27. The fraction of sp³-hybridized carbons (Fsp3) is 0.500. The summed E-state index contributed by atoms with van der Waals surface area (Å²) in [5.74, 6) is -0.139. The molecule has 1 rings (SSSR count). The number of hydrogen-bond donors (Lipinski definition) is 3. The van der Waals surface area contributed by atoms with Gasteiger partial charge in [-0.25, -0.2) is 4.79 Å². The van der Waals surface area contributed by atoms with Gasteiger partial charge in [-0.2, -0.15) is 0 Å². The summed E-state index contributed by atoms with van der Waals surface area (Å²) in [4.78, 5) is 23.3. The zero-order chi connectivity index (χ0) is 16.5. The Morgan fingerprint density at radius 3 is 2.32 bits per heavy atom. The molecular formula is C16H25N3O3. The van der Waals surface area contributed by atoms with Crippen LogP contribution in [0, 0.1) is 0 Å². The lowest BCUT2D eigenvalue weighted by molar-refractivity contribution is -0.131. The Kier molecular flexibility index (Phi) is 7.39. The van der Waals surface area contributed by atoms with Crippen molar-refractivity contribution in [2.45, 2.75) is 46.4 Å². The molecule has 0 saturated carbocycles. The van der Waals surface area contributed by atoms with Crippen molar-refractivity contribution in [2.24, 2.45) is 0 Å². The van der Waals surface area contributed by atoms with Gasteiger partial charge in [-0.1, -0.05) is 12.1 Å². The average molecular weight is 307 g/mol. The van der Waals surface area contributed by atoms with Crippen LogP contribution in [-0.4, -0.2) is 30.7 Å². The molecule has 0 aliphatic rings. The number of amides is 3. The molecule has 0 heterocycles. The number of anilines is 1. The van der Waals surface area contributed by atoms with Crippen LogP contribution in [0.2, 0.25) is 0 Å². The molecule has 3 N–H and O–H groups in total. The van der Waals surface area contributed by atoms with E-state index in [-0.39, 0.29) is 18.0 Å². The lowest BCUT2D eigenvalue weighted by atomic mass is 10.2. The van der Waals surface area contributed by atoms with Crippen molar-refractivity contribution >= 4 is 17.6 Å². The van der Waals surface area contributed by atoms with E-state index in [9.17, 15) is 9.59 Å². The van der Waals surface area contributed by atoms with Gasteiger partial charge in [-0.15, -0.1) is 0 Å². The molecule has 0 bridgehead atoms. The van der Waals surface area contributed by atoms with Gasteiger partial charge in [-0.3, -0.25) is 4.79 Å². The molecule has 0 fully saturated rings. The first-order chi connectivity index (χ1) is 10.4. The van der Waals surface area contributed by atoms with Crippen molar-refractivity contribution in [2.75, 3.05) is 11.9 Å². The van der Waals surface area contributed by atoms with Gasteiger partial charge < -0.3 is 20.7 Å². The highest BCUT2D eigenvalue weighted by molar-refractivity contribution is 5.89. The standard InChI is InChI=1S/C16H25N3O3/c1-5-22-12(4)15(20)17-10-13-6-8-14(9-7-13)19-16(21)18-11(2)3/h6-9,11-12H,5,10H2,1-4H3,(H,17,20)(H2,18,19,21)/t12-/m1/s1. The molecular weight excluding hydrogens is 282 g/mol. The van der Waals surface area contributed by atoms with Crippen LogP contribution in [0.5, 0.6) is 0 Å². The van der Waals surface area contributed by atoms with Crippen LogP contribution in [0.25, 0.3) is 0 Å². The minimum atomic E-state index is -0.453. The van der Waals surface area contributed by atoms with Crippen molar-refractivity contribution in [1.29, 1.82) is 0 Å². The van der Waals surface area contributed by atoms with Crippen LogP contribution in [-0.2, 0) is 16.1 Å². The van der Waals surface area contributed by atoms with E-state index < -0.39 is 6.10 Å². The van der Waals surface area contributed by atoms with Gasteiger partial charge in [0.25, 0.3) is 0 Å². The predicted molar refractivity (Wildman–Crippen MR) is 86.7 cm³/mol. The second-order valence-corrected chi connectivity index (χ2v) is 5.27. The Bertz CT molecular complexity index is 486. The summed E-state index contributed by atoms with van der Waals surface area (Å²) in [6.07, 6.45) is -0.453. The summed E-state index contributed by atoms with van der Waals surface area (Å²) >= 11 is 0. The van der Waals surface area contributed by atoms with Crippen molar-refractivity contribution in [1.82, 2.24) is 10.6 Å². The molecule has 1 atom stereocenters. The lowest BCUT2D eigenvalue weighted by Crippen LogP contribution is -2.34. The number of ether oxygens (including phenoxy) is 1. The van der Waals surface area contributed by atoms with Crippen molar-refractivity contribution in [3.05, 3.63) is 29.8 Å². The van der Waals surface area contributed by atoms with E-state index in [0.29, 0.717) is 18.8 Å². The number of carbonyl (C=O) groups is 2. The van der Waals surface area contributed by atoms with E-state index >= 15 is 0 Å². The molecule has 0 unspecified atom stereocenters. The van der Waals surface area contributed by atoms with Crippen LogP contribution in [0.15, 0.2) is 24.3 Å². The quantitative estimate of drug-likeness (QED) is 0.723. The number of nitrogens with one attached hydrogen (secondary N) is 3. The maximum absolute atomic E-state index is 11.7. The molecule has 0 aromatic heterocycles. The van der Waals surface area contributed by atoms with Crippen LogP contribution >= 0.6 is 0 Å². The van der Waals surface area contributed by atoms with Crippen LogP contribution in [0.3, 0.4) is 0 Å². The number of urea groups is 1. The van der Waals surface area contributed by atoms with E-state index in [0.717, 1.165) is 5.56 Å². The summed E-state index contributed by atoms with van der Waals surface area (Å²) in [5, 5.41) is 8.30. The van der Waals surface area contributed by atoms with E-state index in [4.69, 9.17) is 4.74 Å². The van der Waals surface area contributed by atoms with Gasteiger partial charge in [0.2, 0.25) is 5.91 Å². The number of hydrogen-bond acceptors (Lipinski definition) is 3. The molecule has 0 saturated heterocycles. The Morgan fingerprint density at radius 2 is 1.77 bits per heavy atom. The topological polar surface area (TPSA) is 79.5 Å². The predicted octanol–water partition coefficient (Wildman–Crippen LogP) is 2.26. The molecule has 0 aliphatic carbocycles. The normalized spacial score (nSPS) is 11.9. The zero-order valence-electron chi connectivity index (χ0n) is 13.6. The Morgan fingerprint density at radius 1 is 1.14 bits per heavy atom. The molecule has 0 aliphatic heterocycles. The van der Waals surface area contributed by atoms with E-state index in [2.05, 4.69) is 16.0 Å². The summed E-state index contributed by atoms with van der Waals surface area (Å²) in [6.45, 7) is 8.30. The first kappa shape index (κ1) is 18.0. The number of carbonyl (C=O) groups excluding carboxylic acids is 2. The number of benzene rings is 1. The van der Waals surface area contributed by atoms with Crippen LogP contribution < -0.4 is 16.0 Å². The summed E-state index contributed by atoms with van der Waals surface area (Å²) in [7, 11) is 0. The Hall–Kier alpha value is -2.08. The molecule has 22 heavy (non-hydrogen) atoms. The maximum atomic E-state index is 11.7. The lowest BCUT2D eigenvalue weighted by Gasteiger charge is -2.13. The van der Waals surface area contributed by atoms with Crippen molar-refractivity contribution < 1.29 is 14.3 Å². The molecule has 0 radical (unpaired) electrons. The van der Waals surface area contributed by atoms with Gasteiger partial charge in [-0.05, 0) is 45.4 Å². The highest BCUT2D eigenvalue weighted by Crippen LogP contribution is 2.09. The minimum Gasteiger partial charge on any atom is -0.369 e. The third-order valence-electron chi connectivity index (χ3n) is 2.88. The smallest absolute Gasteiger partial charge is 0.319 e. The molecule has 0 spiro atoms. The monoisotopic (exact) mass is 307 g/mol. The van der Waals surface area contributed by atoms with Gasteiger partial charge in [0.15, 0.2) is 0 Å². The van der Waals surface area contributed by atoms with Gasteiger partial charge >= 0.3 is 6.03 Å². The largest absolute Gasteiger partial charge is 0.369 e. The van der Waals surface area contributed by atoms with E-state index in [1.807, 2.05) is 32.9 Å². The average Bonchev–Trinajstić information content (AvgIpc) is 2.45. The maximum Gasteiger partial charge on any atom is 0.319 e. The molecule has 6 nitrogen and oxygen atoms in total. The van der Waals surface area contributed by atoms with Gasteiger partial charge in [0, 0.05) is 24.9 Å². The molecule has 122 valence electrons. The van der Waals surface area contributed by atoms with Crippen molar-refractivity contribution in [3.63, 3.8) is 0 Å². The SMILES string of the molecule is CCO[C@H](C)C(=O)NCc1ccc(NC(=O)NC(C)C)cc1. The zero-order valence-corrected chi connectivity index (χ0v) is 13.6. The minimum absolute atomic E-state index is 0.0850. The Balaban J connectivity index is 2.45. The van der Waals surface area contributed by atoms with Gasteiger partial charge in [0.1, 0.15) is 6.10 Å². The highest BCUT2D eigenvalue weighted by Gasteiger charge is 2.11. The molecule has 1 aromatic rings. The second kappa shape index (κ2) is 9.04. The van der Waals surface area contributed by atoms with Crippen molar-refractivity contribution in [3.8, 4) is 0 Å². The fourth-order valence-electron chi connectivity index (χ4n) is 1.79. The summed E-state index contributed by atoms with van der Waals surface area (Å²) in [6, 6.07) is 7.16. The first-order valence-electron chi connectivity index (χ1n) is 7.48. The summed E-state index contributed by atoms with van der Waals surface area (Å²) < 4.78 is 5.22. The van der Waals surface area contributed by atoms with Crippen LogP contribution in [0.1, 0.15) is 33.3 Å². The van der Waals surface area contributed by atoms with E-state index in [1.165, 1.54) is 0 Å². The molecule has 3 amide bonds. The molecule has 6 heteroatoms. The third kappa shape index (κ3) is 6.58. The number of rotatable bonds is 7. The Labute approximate surface area is 131 Å². The molecule has 1 aromatic carbocycles.